The van der Waals surface area contributed by atoms with Crippen LogP contribution in [-0.4, -0.2) is 40.8 Å². The van der Waals surface area contributed by atoms with Gasteiger partial charge in [-0.2, -0.15) is 5.10 Å². The van der Waals surface area contributed by atoms with Gasteiger partial charge in [0.2, 0.25) is 0 Å². The average Bonchev–Trinajstić information content (AvgIpc) is 3.32. The van der Waals surface area contributed by atoms with E-state index in [9.17, 15) is 4.79 Å². The summed E-state index contributed by atoms with van der Waals surface area (Å²) in [6.07, 6.45) is 7.24. The highest BCUT2D eigenvalue weighted by molar-refractivity contribution is 5.92. The first-order valence-corrected chi connectivity index (χ1v) is 9.03. The van der Waals surface area contributed by atoms with Crippen LogP contribution in [0.3, 0.4) is 0 Å². The highest BCUT2D eigenvalue weighted by Gasteiger charge is 2.26. The van der Waals surface area contributed by atoms with E-state index in [0.29, 0.717) is 11.7 Å². The van der Waals surface area contributed by atoms with Crippen LogP contribution >= 0.6 is 0 Å². The Labute approximate surface area is 149 Å². The van der Waals surface area contributed by atoms with Gasteiger partial charge >= 0.3 is 0 Å². The Balaban J connectivity index is 1.68. The zero-order chi connectivity index (χ0) is 17.8. The first-order valence-electron chi connectivity index (χ1n) is 9.03. The lowest BCUT2D eigenvalue weighted by Crippen LogP contribution is -2.37. The minimum absolute atomic E-state index is 0.0467. The maximum atomic E-state index is 13.0. The maximum Gasteiger partial charge on any atom is 0.272 e. The lowest BCUT2D eigenvalue weighted by molar-refractivity contribution is 0.0728. The van der Waals surface area contributed by atoms with Gasteiger partial charge in [-0.3, -0.25) is 9.48 Å². The van der Waals surface area contributed by atoms with Crippen molar-refractivity contribution < 1.29 is 9.53 Å². The molecule has 25 heavy (non-hydrogen) atoms. The summed E-state index contributed by atoms with van der Waals surface area (Å²) in [5.41, 5.74) is 1.90. The van der Waals surface area contributed by atoms with E-state index < -0.39 is 0 Å². The van der Waals surface area contributed by atoms with Crippen LogP contribution in [0.2, 0.25) is 0 Å². The minimum atomic E-state index is 0.0467. The molecule has 1 heterocycles. The predicted molar refractivity (Wildman–Crippen MR) is 98.0 cm³/mol. The number of hydrogen-bond donors (Lipinski definition) is 0. The van der Waals surface area contributed by atoms with Gasteiger partial charge in [-0.1, -0.05) is 25.0 Å². The molecule has 0 saturated heterocycles. The lowest BCUT2D eigenvalue weighted by Gasteiger charge is -2.26. The first-order chi connectivity index (χ1) is 12.1. The molecule has 0 bridgehead atoms. The highest BCUT2D eigenvalue weighted by Crippen LogP contribution is 2.30. The Morgan fingerprint density at radius 2 is 1.96 bits per heavy atom. The molecule has 1 fully saturated rings. The van der Waals surface area contributed by atoms with E-state index in [0.717, 1.165) is 25.0 Å². The molecular weight excluding hydrogens is 314 g/mol. The van der Waals surface area contributed by atoms with Crippen molar-refractivity contribution in [2.45, 2.75) is 51.1 Å². The predicted octanol–water partition coefficient (Wildman–Crippen LogP) is 3.71. The summed E-state index contributed by atoms with van der Waals surface area (Å²) >= 11 is 0. The van der Waals surface area contributed by atoms with Crippen LogP contribution in [-0.2, 0) is 6.42 Å². The van der Waals surface area contributed by atoms with Crippen LogP contribution in [0.5, 0.6) is 5.75 Å². The van der Waals surface area contributed by atoms with Gasteiger partial charge in [0, 0.05) is 19.3 Å². The maximum absolute atomic E-state index is 13.0. The monoisotopic (exact) mass is 341 g/mol. The van der Waals surface area contributed by atoms with Gasteiger partial charge in [0.1, 0.15) is 11.4 Å². The fraction of sp³-hybridized carbons (Fsp3) is 0.500. The molecule has 2 aromatic rings. The number of ether oxygens (including phenoxy) is 1. The van der Waals surface area contributed by atoms with E-state index in [1.54, 1.807) is 13.3 Å². The summed E-state index contributed by atoms with van der Waals surface area (Å²) in [4.78, 5) is 14.8. The van der Waals surface area contributed by atoms with Crippen molar-refractivity contribution in [3.05, 3.63) is 47.8 Å². The number of carbonyl (C=O) groups excluding carboxylic acids is 1. The summed E-state index contributed by atoms with van der Waals surface area (Å²) in [6.45, 7) is 2.08. The zero-order valence-electron chi connectivity index (χ0n) is 15.3. The van der Waals surface area contributed by atoms with Crippen molar-refractivity contribution in [3.63, 3.8) is 0 Å². The van der Waals surface area contributed by atoms with Crippen LogP contribution in [0.1, 0.15) is 54.7 Å². The normalized spacial score (nSPS) is 16.0. The van der Waals surface area contributed by atoms with Crippen molar-refractivity contribution in [2.24, 2.45) is 0 Å². The molecule has 1 aliphatic rings. The molecular formula is C20H27N3O2. The van der Waals surface area contributed by atoms with Crippen molar-refractivity contribution in [1.82, 2.24) is 14.7 Å². The van der Waals surface area contributed by atoms with Crippen molar-refractivity contribution in [3.8, 4) is 5.75 Å². The fourth-order valence-electron chi connectivity index (χ4n) is 3.54. The molecule has 134 valence electrons. The molecule has 5 nitrogen and oxygen atoms in total. The Bertz CT molecular complexity index is 702. The number of carbonyl (C=O) groups is 1. The lowest BCUT2D eigenvalue weighted by atomic mass is 10.1. The van der Waals surface area contributed by atoms with E-state index in [1.165, 1.54) is 18.4 Å². The van der Waals surface area contributed by atoms with Crippen LogP contribution in [0.4, 0.5) is 0 Å². The van der Waals surface area contributed by atoms with E-state index in [-0.39, 0.29) is 11.9 Å². The highest BCUT2D eigenvalue weighted by atomic mass is 16.5. The van der Waals surface area contributed by atoms with Crippen molar-refractivity contribution in [2.75, 3.05) is 14.2 Å². The third-order valence-electron chi connectivity index (χ3n) is 5.23. The average molecular weight is 341 g/mol. The Morgan fingerprint density at radius 1 is 1.28 bits per heavy atom. The third kappa shape index (κ3) is 3.86. The van der Waals surface area contributed by atoms with E-state index >= 15 is 0 Å². The topological polar surface area (TPSA) is 47.4 Å². The first kappa shape index (κ1) is 17.5. The standard InChI is InChI=1S/C20H27N3O2/c1-15(14-16-8-10-18(25-3)11-9-16)22(2)20(24)19-12-13-21-23(19)17-6-4-5-7-17/h8-13,15,17H,4-7,14H2,1-3H3. The Kier molecular flexibility index (Phi) is 5.41. The number of likely N-dealkylation sites (N-methyl/N-ethyl adjacent to an activating group) is 1. The second kappa shape index (κ2) is 7.72. The molecule has 1 aromatic heterocycles. The number of hydrogen-bond acceptors (Lipinski definition) is 3. The molecule has 1 aliphatic carbocycles. The number of rotatable bonds is 6. The Morgan fingerprint density at radius 3 is 2.60 bits per heavy atom. The molecule has 1 atom stereocenters. The summed E-state index contributed by atoms with van der Waals surface area (Å²) < 4.78 is 7.13. The third-order valence-corrected chi connectivity index (χ3v) is 5.23. The quantitative estimate of drug-likeness (QED) is 0.805. The molecule has 1 unspecified atom stereocenters. The zero-order valence-corrected chi connectivity index (χ0v) is 15.3. The van der Waals surface area contributed by atoms with Crippen LogP contribution < -0.4 is 4.74 Å². The summed E-state index contributed by atoms with van der Waals surface area (Å²) in [7, 11) is 3.54. The molecule has 0 aliphatic heterocycles. The van der Waals surface area contributed by atoms with E-state index in [1.807, 2.05) is 34.8 Å². The van der Waals surface area contributed by atoms with Gasteiger partial charge in [0.15, 0.2) is 0 Å². The largest absolute Gasteiger partial charge is 0.497 e. The molecule has 5 heteroatoms. The molecule has 0 spiro atoms. The molecule has 0 radical (unpaired) electrons. The number of benzene rings is 1. The van der Waals surface area contributed by atoms with Gasteiger partial charge < -0.3 is 9.64 Å². The van der Waals surface area contributed by atoms with Crippen LogP contribution in [0.15, 0.2) is 36.5 Å². The van der Waals surface area contributed by atoms with Gasteiger partial charge in [-0.05, 0) is 49.9 Å². The summed E-state index contributed by atoms with van der Waals surface area (Å²) in [5.74, 6) is 0.895. The smallest absolute Gasteiger partial charge is 0.272 e. The fourth-order valence-corrected chi connectivity index (χ4v) is 3.54. The summed E-state index contributed by atoms with van der Waals surface area (Å²) in [6, 6.07) is 10.3. The molecule has 1 amide bonds. The number of amides is 1. The van der Waals surface area contributed by atoms with Crippen LogP contribution in [0.25, 0.3) is 0 Å². The summed E-state index contributed by atoms with van der Waals surface area (Å²) in [5, 5.41) is 4.42. The van der Waals surface area contributed by atoms with Crippen molar-refractivity contribution >= 4 is 5.91 Å². The molecule has 1 aromatic carbocycles. The number of aromatic nitrogens is 2. The second-order valence-electron chi connectivity index (χ2n) is 6.92. The SMILES string of the molecule is COc1ccc(CC(C)N(C)C(=O)c2ccnn2C2CCCC2)cc1. The van der Waals surface area contributed by atoms with Crippen molar-refractivity contribution in [1.29, 1.82) is 0 Å². The molecule has 1 saturated carbocycles. The van der Waals surface area contributed by atoms with Gasteiger partial charge in [-0.15, -0.1) is 0 Å². The van der Waals surface area contributed by atoms with Gasteiger partial charge in [0.05, 0.1) is 13.2 Å². The molecule has 0 N–H and O–H groups in total. The van der Waals surface area contributed by atoms with Gasteiger partial charge in [0.25, 0.3) is 5.91 Å². The molecule has 3 rings (SSSR count). The van der Waals surface area contributed by atoms with Gasteiger partial charge in [-0.25, -0.2) is 0 Å². The van der Waals surface area contributed by atoms with E-state index in [4.69, 9.17) is 4.74 Å². The van der Waals surface area contributed by atoms with E-state index in [2.05, 4.69) is 24.2 Å². The Hall–Kier alpha value is -2.30. The minimum Gasteiger partial charge on any atom is -0.497 e. The number of nitrogens with zero attached hydrogens (tertiary/aromatic N) is 3. The van der Waals surface area contributed by atoms with Crippen LogP contribution in [0, 0.1) is 0 Å². The number of methoxy groups -OCH3 is 1. The second-order valence-corrected chi connectivity index (χ2v) is 6.92.